The lowest BCUT2D eigenvalue weighted by molar-refractivity contribution is 0.432. The Labute approximate surface area is 124 Å². The van der Waals surface area contributed by atoms with Gasteiger partial charge in [-0.2, -0.15) is 4.98 Å². The van der Waals surface area contributed by atoms with E-state index in [1.54, 1.807) is 24.3 Å². The maximum atomic E-state index is 9.28. The second-order valence-corrected chi connectivity index (χ2v) is 5.31. The fourth-order valence-electron chi connectivity index (χ4n) is 1.86. The summed E-state index contributed by atoms with van der Waals surface area (Å²) < 4.78 is 6.19. The highest BCUT2D eigenvalue weighted by Gasteiger charge is 2.13. The molecule has 0 spiro atoms. The molecule has 3 aromatic rings. The van der Waals surface area contributed by atoms with Gasteiger partial charge in [0.15, 0.2) is 0 Å². The smallest absolute Gasteiger partial charge is 0.258 e. The van der Waals surface area contributed by atoms with Crippen LogP contribution >= 0.6 is 15.9 Å². The Hall–Kier alpha value is -2.14. The van der Waals surface area contributed by atoms with Crippen LogP contribution in [0.1, 0.15) is 5.56 Å². The van der Waals surface area contributed by atoms with Gasteiger partial charge >= 0.3 is 0 Å². The summed E-state index contributed by atoms with van der Waals surface area (Å²) in [5, 5.41) is 13.3. The van der Waals surface area contributed by atoms with Gasteiger partial charge < -0.3 is 9.63 Å². The lowest BCUT2D eigenvalue weighted by Crippen LogP contribution is -1.84. The zero-order chi connectivity index (χ0) is 14.1. The van der Waals surface area contributed by atoms with E-state index in [0.29, 0.717) is 11.7 Å². The molecule has 0 aliphatic rings. The summed E-state index contributed by atoms with van der Waals surface area (Å²) in [6, 6.07) is 12.6. The van der Waals surface area contributed by atoms with E-state index in [4.69, 9.17) is 4.52 Å². The van der Waals surface area contributed by atoms with Crippen molar-refractivity contribution >= 4 is 15.9 Å². The first-order valence-electron chi connectivity index (χ1n) is 6.03. The molecule has 0 amide bonds. The van der Waals surface area contributed by atoms with Crippen LogP contribution in [-0.4, -0.2) is 15.2 Å². The molecule has 1 heterocycles. The monoisotopic (exact) mass is 330 g/mol. The number of aromatic hydroxyl groups is 1. The van der Waals surface area contributed by atoms with Gasteiger partial charge in [0.2, 0.25) is 5.82 Å². The third-order valence-corrected chi connectivity index (χ3v) is 3.56. The lowest BCUT2D eigenvalue weighted by atomic mass is 10.1. The summed E-state index contributed by atoms with van der Waals surface area (Å²) in [5.41, 5.74) is 2.80. The molecule has 5 heteroatoms. The van der Waals surface area contributed by atoms with E-state index < -0.39 is 0 Å². The standard InChI is InChI=1S/C15H11BrN2O2/c1-9-2-7-12(13(16)8-9)14-17-15(20-18-14)10-3-5-11(19)6-4-10/h2-8,19H,1H3. The molecule has 0 bridgehead atoms. The van der Waals surface area contributed by atoms with Crippen molar-refractivity contribution in [3.8, 4) is 28.6 Å². The fourth-order valence-corrected chi connectivity index (χ4v) is 2.53. The molecular weight excluding hydrogens is 320 g/mol. The molecule has 0 atom stereocenters. The minimum atomic E-state index is 0.203. The van der Waals surface area contributed by atoms with Gasteiger partial charge in [-0.05, 0) is 48.9 Å². The Morgan fingerprint density at radius 3 is 2.55 bits per heavy atom. The molecular formula is C15H11BrN2O2. The van der Waals surface area contributed by atoms with Crippen LogP contribution in [0.2, 0.25) is 0 Å². The normalized spacial score (nSPS) is 10.7. The van der Waals surface area contributed by atoms with Crippen LogP contribution in [0.5, 0.6) is 5.75 Å². The topological polar surface area (TPSA) is 59.2 Å². The fraction of sp³-hybridized carbons (Fsp3) is 0.0667. The number of aromatic nitrogens is 2. The molecule has 0 aliphatic carbocycles. The number of hydrogen-bond donors (Lipinski definition) is 1. The number of nitrogens with zero attached hydrogens (tertiary/aromatic N) is 2. The van der Waals surface area contributed by atoms with Crippen LogP contribution in [0.4, 0.5) is 0 Å². The number of halogens is 1. The van der Waals surface area contributed by atoms with Gasteiger partial charge in [-0.15, -0.1) is 0 Å². The predicted octanol–water partition coefficient (Wildman–Crippen LogP) is 4.18. The van der Waals surface area contributed by atoms with E-state index in [9.17, 15) is 5.11 Å². The summed E-state index contributed by atoms with van der Waals surface area (Å²) >= 11 is 3.50. The molecule has 0 radical (unpaired) electrons. The van der Waals surface area contributed by atoms with Crippen LogP contribution in [0.25, 0.3) is 22.8 Å². The Balaban J connectivity index is 1.99. The van der Waals surface area contributed by atoms with Crippen LogP contribution in [0.3, 0.4) is 0 Å². The van der Waals surface area contributed by atoms with Crippen molar-refractivity contribution in [2.45, 2.75) is 6.92 Å². The van der Waals surface area contributed by atoms with E-state index in [2.05, 4.69) is 26.1 Å². The maximum absolute atomic E-state index is 9.28. The van der Waals surface area contributed by atoms with Gasteiger partial charge in [-0.25, -0.2) is 0 Å². The Morgan fingerprint density at radius 2 is 1.85 bits per heavy atom. The van der Waals surface area contributed by atoms with Crippen molar-refractivity contribution < 1.29 is 9.63 Å². The zero-order valence-electron chi connectivity index (χ0n) is 10.7. The molecule has 0 unspecified atom stereocenters. The highest BCUT2D eigenvalue weighted by Crippen LogP contribution is 2.29. The van der Waals surface area contributed by atoms with Gasteiger partial charge in [0.25, 0.3) is 5.89 Å². The summed E-state index contributed by atoms with van der Waals surface area (Å²) in [7, 11) is 0. The first kappa shape index (κ1) is 12.9. The first-order chi connectivity index (χ1) is 9.63. The van der Waals surface area contributed by atoms with Crippen LogP contribution < -0.4 is 0 Å². The van der Waals surface area contributed by atoms with Crippen molar-refractivity contribution in [3.63, 3.8) is 0 Å². The van der Waals surface area contributed by atoms with Crippen LogP contribution in [0.15, 0.2) is 51.5 Å². The minimum Gasteiger partial charge on any atom is -0.508 e. The van der Waals surface area contributed by atoms with E-state index in [0.717, 1.165) is 21.2 Å². The van der Waals surface area contributed by atoms with E-state index >= 15 is 0 Å². The molecule has 0 saturated heterocycles. The lowest BCUT2D eigenvalue weighted by Gasteiger charge is -1.99. The number of hydrogen-bond acceptors (Lipinski definition) is 4. The molecule has 2 aromatic carbocycles. The summed E-state index contributed by atoms with van der Waals surface area (Å²) in [6.07, 6.45) is 0. The van der Waals surface area contributed by atoms with Crippen molar-refractivity contribution in [2.75, 3.05) is 0 Å². The number of phenols is 1. The third kappa shape index (κ3) is 2.44. The zero-order valence-corrected chi connectivity index (χ0v) is 12.3. The number of rotatable bonds is 2. The molecule has 0 saturated carbocycles. The van der Waals surface area contributed by atoms with Gasteiger partial charge in [0.05, 0.1) is 0 Å². The van der Waals surface area contributed by atoms with Crippen LogP contribution in [0, 0.1) is 6.92 Å². The third-order valence-electron chi connectivity index (χ3n) is 2.91. The quantitative estimate of drug-likeness (QED) is 0.765. The Morgan fingerprint density at radius 1 is 1.10 bits per heavy atom. The molecule has 3 rings (SSSR count). The summed E-state index contributed by atoms with van der Waals surface area (Å²) in [4.78, 5) is 4.38. The number of benzene rings is 2. The van der Waals surface area contributed by atoms with E-state index in [1.165, 1.54) is 0 Å². The predicted molar refractivity (Wildman–Crippen MR) is 79.3 cm³/mol. The molecule has 0 aliphatic heterocycles. The number of aryl methyl sites for hydroxylation is 1. The van der Waals surface area contributed by atoms with Gasteiger partial charge in [0.1, 0.15) is 5.75 Å². The second-order valence-electron chi connectivity index (χ2n) is 4.45. The first-order valence-corrected chi connectivity index (χ1v) is 6.82. The van der Waals surface area contributed by atoms with E-state index in [1.807, 2.05) is 25.1 Å². The van der Waals surface area contributed by atoms with E-state index in [-0.39, 0.29) is 5.75 Å². The maximum Gasteiger partial charge on any atom is 0.258 e. The molecule has 0 fully saturated rings. The van der Waals surface area contributed by atoms with Crippen molar-refractivity contribution in [1.82, 2.24) is 10.1 Å². The van der Waals surface area contributed by atoms with Crippen LogP contribution in [-0.2, 0) is 0 Å². The highest BCUT2D eigenvalue weighted by molar-refractivity contribution is 9.10. The van der Waals surface area contributed by atoms with Crippen molar-refractivity contribution in [2.24, 2.45) is 0 Å². The summed E-state index contributed by atoms with van der Waals surface area (Å²) in [5.74, 6) is 1.15. The van der Waals surface area contributed by atoms with Gasteiger partial charge in [-0.3, -0.25) is 0 Å². The molecule has 1 N–H and O–H groups in total. The summed E-state index contributed by atoms with van der Waals surface area (Å²) in [6.45, 7) is 2.02. The SMILES string of the molecule is Cc1ccc(-c2noc(-c3ccc(O)cc3)n2)c(Br)c1. The molecule has 1 aromatic heterocycles. The number of phenolic OH excluding ortho intramolecular Hbond substituents is 1. The van der Waals surface area contributed by atoms with Gasteiger partial charge in [0, 0.05) is 15.6 Å². The molecule has 4 nitrogen and oxygen atoms in total. The highest BCUT2D eigenvalue weighted by atomic mass is 79.9. The van der Waals surface area contributed by atoms with Gasteiger partial charge in [-0.1, -0.05) is 27.2 Å². The average Bonchev–Trinajstić information content (AvgIpc) is 2.89. The van der Waals surface area contributed by atoms with Crippen molar-refractivity contribution in [3.05, 3.63) is 52.5 Å². The second kappa shape index (κ2) is 5.09. The Kier molecular flexibility index (Phi) is 3.28. The minimum absolute atomic E-state index is 0.203. The molecule has 20 heavy (non-hydrogen) atoms. The largest absolute Gasteiger partial charge is 0.508 e. The molecule has 100 valence electrons. The average molecular weight is 331 g/mol. The van der Waals surface area contributed by atoms with Crippen molar-refractivity contribution in [1.29, 1.82) is 0 Å². The Bertz CT molecular complexity index is 751.